The van der Waals surface area contributed by atoms with Gasteiger partial charge in [-0.1, -0.05) is 74.7 Å². The summed E-state index contributed by atoms with van der Waals surface area (Å²) in [4.78, 5) is 26.3. The van der Waals surface area contributed by atoms with Crippen molar-refractivity contribution in [2.45, 2.75) is 51.0 Å². The number of hydrogen-bond acceptors (Lipinski definition) is 5. The summed E-state index contributed by atoms with van der Waals surface area (Å²) in [5, 5.41) is 12.5. The van der Waals surface area contributed by atoms with Crippen molar-refractivity contribution in [3.05, 3.63) is 59.7 Å². The van der Waals surface area contributed by atoms with E-state index < -0.39 is 18.1 Å². The smallest absolute Gasteiger partial charge is 0.407 e. The van der Waals surface area contributed by atoms with Crippen molar-refractivity contribution in [3.63, 3.8) is 0 Å². The molecule has 0 unspecified atom stereocenters. The van der Waals surface area contributed by atoms with Crippen molar-refractivity contribution in [1.82, 2.24) is 10.2 Å². The number of nitrogens with one attached hydrogen (secondary N) is 1. The molecular formula is C28H38N2O5. The van der Waals surface area contributed by atoms with E-state index in [1.54, 1.807) is 7.11 Å². The molecule has 0 aromatic heterocycles. The van der Waals surface area contributed by atoms with Crippen molar-refractivity contribution in [2.24, 2.45) is 0 Å². The number of carbonyl (C=O) groups excluding carboxylic acids is 1. The molecule has 1 amide bonds. The molecule has 0 spiro atoms. The number of hydrogen-bond donors (Lipinski definition) is 2. The molecule has 1 atom stereocenters. The summed E-state index contributed by atoms with van der Waals surface area (Å²) < 4.78 is 10.7. The van der Waals surface area contributed by atoms with Crippen LogP contribution in [-0.2, 0) is 14.3 Å². The predicted octanol–water partition coefficient (Wildman–Crippen LogP) is 4.90. The van der Waals surface area contributed by atoms with Crippen LogP contribution < -0.4 is 5.32 Å². The third kappa shape index (κ3) is 7.29. The minimum Gasteiger partial charge on any atom is -0.480 e. The molecule has 0 saturated heterocycles. The standard InChI is InChI=1S/C28H38N2O5/c1-3-4-5-10-17-30(26(27(31)32)15-19-34-2)18-16-29-28(33)35-20-25-23-13-8-6-11-21(23)22-12-7-9-14-24(22)25/h6-9,11-14,25-26H,3-5,10,15-20H2,1-2H3,(H,29,33)(H,31,32)/t26-/m0/s1. The average Bonchev–Trinajstić information content (AvgIpc) is 3.18. The van der Waals surface area contributed by atoms with Crippen LogP contribution in [-0.4, -0.2) is 68.1 Å². The van der Waals surface area contributed by atoms with Crippen LogP contribution in [0.25, 0.3) is 11.1 Å². The first kappa shape index (κ1) is 26.7. The molecule has 0 fully saturated rings. The molecule has 2 aromatic carbocycles. The Hall–Kier alpha value is -2.90. The number of methoxy groups -OCH3 is 1. The number of carbonyl (C=O) groups is 2. The highest BCUT2D eigenvalue weighted by molar-refractivity contribution is 5.79. The largest absolute Gasteiger partial charge is 0.480 e. The molecule has 35 heavy (non-hydrogen) atoms. The molecule has 2 aromatic rings. The Morgan fingerprint density at radius 2 is 1.66 bits per heavy atom. The number of fused-ring (bicyclic) bond motifs is 3. The van der Waals surface area contributed by atoms with Gasteiger partial charge in [0, 0.05) is 32.7 Å². The zero-order valence-electron chi connectivity index (χ0n) is 20.9. The third-order valence-electron chi connectivity index (χ3n) is 6.63. The van der Waals surface area contributed by atoms with Crippen molar-refractivity contribution in [2.75, 3.05) is 40.0 Å². The minimum atomic E-state index is -0.862. The molecule has 0 aliphatic heterocycles. The summed E-state index contributed by atoms with van der Waals surface area (Å²) in [5.41, 5.74) is 4.71. The van der Waals surface area contributed by atoms with Gasteiger partial charge >= 0.3 is 12.1 Å². The van der Waals surface area contributed by atoms with Gasteiger partial charge in [0.2, 0.25) is 0 Å². The van der Waals surface area contributed by atoms with E-state index in [1.807, 2.05) is 29.2 Å². The van der Waals surface area contributed by atoms with Crippen molar-refractivity contribution < 1.29 is 24.2 Å². The SMILES string of the molecule is CCCCCCN(CCNC(=O)OCC1c2ccccc2-c2ccccc21)[C@@H](CCOC)C(=O)O. The molecule has 2 N–H and O–H groups in total. The maximum absolute atomic E-state index is 12.5. The van der Waals surface area contributed by atoms with Crippen molar-refractivity contribution in [1.29, 1.82) is 0 Å². The van der Waals surface area contributed by atoms with Gasteiger partial charge in [0.1, 0.15) is 12.6 Å². The van der Waals surface area contributed by atoms with Crippen LogP contribution in [0.2, 0.25) is 0 Å². The van der Waals surface area contributed by atoms with Crippen molar-refractivity contribution >= 4 is 12.1 Å². The number of alkyl carbamates (subject to hydrolysis) is 1. The van der Waals surface area contributed by atoms with E-state index in [0.29, 0.717) is 32.7 Å². The number of benzene rings is 2. The first-order chi connectivity index (χ1) is 17.1. The van der Waals surface area contributed by atoms with E-state index in [4.69, 9.17) is 9.47 Å². The monoisotopic (exact) mass is 482 g/mol. The molecule has 1 aliphatic carbocycles. The Bertz CT molecular complexity index is 918. The third-order valence-corrected chi connectivity index (χ3v) is 6.63. The highest BCUT2D eigenvalue weighted by Crippen LogP contribution is 2.44. The number of unbranched alkanes of at least 4 members (excludes halogenated alkanes) is 3. The molecule has 7 nitrogen and oxygen atoms in total. The van der Waals surface area contributed by atoms with Gasteiger partial charge in [-0.25, -0.2) is 4.79 Å². The van der Waals surface area contributed by atoms with Crippen LogP contribution in [0.1, 0.15) is 56.1 Å². The highest BCUT2D eigenvalue weighted by Gasteiger charge is 2.29. The number of carboxylic acids is 1. The van der Waals surface area contributed by atoms with E-state index in [2.05, 4.69) is 36.5 Å². The van der Waals surface area contributed by atoms with Gasteiger partial charge < -0.3 is 19.9 Å². The Labute approximate surface area is 208 Å². The van der Waals surface area contributed by atoms with Crippen LogP contribution in [0.4, 0.5) is 4.79 Å². The first-order valence-corrected chi connectivity index (χ1v) is 12.6. The number of ether oxygens (including phenoxy) is 2. The van der Waals surface area contributed by atoms with E-state index in [9.17, 15) is 14.7 Å². The molecule has 1 aliphatic rings. The zero-order chi connectivity index (χ0) is 25.0. The molecule has 0 saturated carbocycles. The number of rotatable bonds is 15. The van der Waals surface area contributed by atoms with Crippen LogP contribution >= 0.6 is 0 Å². The Balaban J connectivity index is 1.53. The van der Waals surface area contributed by atoms with Crippen LogP contribution in [0.5, 0.6) is 0 Å². The summed E-state index contributed by atoms with van der Waals surface area (Å²) in [6.45, 7) is 4.22. The molecular weight excluding hydrogens is 444 g/mol. The summed E-state index contributed by atoms with van der Waals surface area (Å²) >= 11 is 0. The quantitative estimate of drug-likeness (QED) is 0.351. The van der Waals surface area contributed by atoms with Crippen LogP contribution in [0, 0.1) is 0 Å². The fourth-order valence-corrected chi connectivity index (χ4v) is 4.81. The number of aliphatic carboxylic acids is 1. The van der Waals surface area contributed by atoms with Gasteiger partial charge in [-0.2, -0.15) is 0 Å². The Morgan fingerprint density at radius 3 is 2.26 bits per heavy atom. The lowest BCUT2D eigenvalue weighted by Crippen LogP contribution is -2.46. The van der Waals surface area contributed by atoms with E-state index in [0.717, 1.165) is 25.7 Å². The van der Waals surface area contributed by atoms with Gasteiger partial charge in [0.05, 0.1) is 0 Å². The van der Waals surface area contributed by atoms with Gasteiger partial charge in [-0.15, -0.1) is 0 Å². The lowest BCUT2D eigenvalue weighted by atomic mass is 9.98. The molecule has 0 radical (unpaired) electrons. The second-order valence-electron chi connectivity index (χ2n) is 8.98. The molecule has 7 heteroatoms. The van der Waals surface area contributed by atoms with Crippen LogP contribution in [0.3, 0.4) is 0 Å². The predicted molar refractivity (Wildman–Crippen MR) is 137 cm³/mol. The fraction of sp³-hybridized carbons (Fsp3) is 0.500. The first-order valence-electron chi connectivity index (χ1n) is 12.6. The lowest BCUT2D eigenvalue weighted by molar-refractivity contribution is -0.144. The minimum absolute atomic E-state index is 0.00801. The molecule has 0 heterocycles. The molecule has 3 rings (SSSR count). The van der Waals surface area contributed by atoms with Gasteiger partial charge in [-0.05, 0) is 41.6 Å². The maximum Gasteiger partial charge on any atom is 0.407 e. The van der Waals surface area contributed by atoms with Gasteiger partial charge in [0.15, 0.2) is 0 Å². The Morgan fingerprint density at radius 1 is 1.00 bits per heavy atom. The second-order valence-corrected chi connectivity index (χ2v) is 8.98. The van der Waals surface area contributed by atoms with Gasteiger partial charge in [0.25, 0.3) is 0 Å². The molecule has 0 bridgehead atoms. The van der Waals surface area contributed by atoms with Gasteiger partial charge in [-0.3, -0.25) is 9.69 Å². The zero-order valence-corrected chi connectivity index (χ0v) is 20.9. The number of carboxylic acid groups (broad SMARTS) is 1. The lowest BCUT2D eigenvalue weighted by Gasteiger charge is -2.29. The van der Waals surface area contributed by atoms with E-state index in [-0.39, 0.29) is 12.5 Å². The average molecular weight is 483 g/mol. The Kier molecular flexibility index (Phi) is 10.6. The van der Waals surface area contributed by atoms with Crippen molar-refractivity contribution in [3.8, 4) is 11.1 Å². The number of nitrogens with zero attached hydrogens (tertiary/aromatic N) is 1. The summed E-state index contributed by atoms with van der Waals surface area (Å²) in [5.74, 6) is -0.854. The van der Waals surface area contributed by atoms with E-state index >= 15 is 0 Å². The van der Waals surface area contributed by atoms with Crippen LogP contribution in [0.15, 0.2) is 48.5 Å². The second kappa shape index (κ2) is 13.9. The number of amides is 1. The maximum atomic E-state index is 12.5. The summed E-state index contributed by atoms with van der Waals surface area (Å²) in [6.07, 6.45) is 4.15. The fourth-order valence-electron chi connectivity index (χ4n) is 4.81. The summed E-state index contributed by atoms with van der Waals surface area (Å²) in [6, 6.07) is 15.8. The summed E-state index contributed by atoms with van der Waals surface area (Å²) in [7, 11) is 1.57. The van der Waals surface area contributed by atoms with E-state index in [1.165, 1.54) is 22.3 Å². The normalized spacial score (nSPS) is 13.3. The highest BCUT2D eigenvalue weighted by atomic mass is 16.5. The topological polar surface area (TPSA) is 88.1 Å². The molecule has 190 valence electrons.